The van der Waals surface area contributed by atoms with Gasteiger partial charge in [0.05, 0.1) is 12.0 Å². The van der Waals surface area contributed by atoms with E-state index in [-0.39, 0.29) is 29.6 Å². The van der Waals surface area contributed by atoms with Crippen LogP contribution < -0.4 is 4.74 Å². The Hall–Kier alpha value is -2.27. The summed E-state index contributed by atoms with van der Waals surface area (Å²) in [5.74, 6) is -1.18. The molecule has 3 rings (SSSR count). The Balaban J connectivity index is 1.47. The predicted octanol–water partition coefficient (Wildman–Crippen LogP) is 6.69. The zero-order chi connectivity index (χ0) is 21.3. The Morgan fingerprint density at radius 1 is 0.967 bits per heavy atom. The Morgan fingerprint density at radius 3 is 2.37 bits per heavy atom. The largest absolute Gasteiger partial charge is 0.426 e. The monoisotopic (exact) mass is 416 g/mol. The molecule has 1 fully saturated rings. The van der Waals surface area contributed by atoms with E-state index in [0.29, 0.717) is 11.1 Å². The van der Waals surface area contributed by atoms with Gasteiger partial charge in [-0.15, -0.1) is 0 Å². The summed E-state index contributed by atoms with van der Waals surface area (Å²) in [7, 11) is 0. The molecule has 0 bridgehead atoms. The van der Waals surface area contributed by atoms with Crippen molar-refractivity contribution in [3.63, 3.8) is 0 Å². The minimum absolute atomic E-state index is 0.176. The van der Waals surface area contributed by atoms with Crippen LogP contribution in [0.1, 0.15) is 58.3 Å². The third kappa shape index (κ3) is 6.36. The lowest BCUT2D eigenvalue weighted by atomic mass is 9.87. The fraction of sp³-hybridized carbons (Fsp3) is 0.480. The van der Waals surface area contributed by atoms with E-state index >= 15 is 0 Å². The van der Waals surface area contributed by atoms with Gasteiger partial charge in [0.1, 0.15) is 17.4 Å². The minimum atomic E-state index is -0.507. The second kappa shape index (κ2) is 11.2. The van der Waals surface area contributed by atoms with Gasteiger partial charge in [0.15, 0.2) is 0 Å². The van der Waals surface area contributed by atoms with Gasteiger partial charge in [-0.25, -0.2) is 8.78 Å². The van der Waals surface area contributed by atoms with E-state index in [0.717, 1.165) is 38.7 Å². The number of halogens is 2. The van der Waals surface area contributed by atoms with Crippen LogP contribution >= 0.6 is 0 Å². The fourth-order valence-electron chi connectivity index (χ4n) is 3.87. The third-order valence-corrected chi connectivity index (χ3v) is 5.67. The van der Waals surface area contributed by atoms with E-state index in [9.17, 15) is 13.6 Å². The molecule has 1 aliphatic rings. The molecule has 5 heteroatoms. The number of ether oxygens (including phenoxy) is 2. The molecule has 3 nitrogen and oxygen atoms in total. The van der Waals surface area contributed by atoms with E-state index in [1.54, 1.807) is 12.1 Å². The summed E-state index contributed by atoms with van der Waals surface area (Å²) >= 11 is 0. The van der Waals surface area contributed by atoms with Crippen LogP contribution in [0.15, 0.2) is 42.5 Å². The van der Waals surface area contributed by atoms with E-state index in [4.69, 9.17) is 9.47 Å². The summed E-state index contributed by atoms with van der Waals surface area (Å²) in [6.45, 7) is 2.98. The van der Waals surface area contributed by atoms with Crippen molar-refractivity contribution in [2.45, 2.75) is 64.4 Å². The average molecular weight is 417 g/mol. The summed E-state index contributed by atoms with van der Waals surface area (Å²) in [6, 6.07) is 9.94. The molecule has 2 aromatic carbocycles. The standard InChI is InChI=1S/C25H30F2O3/c1-2-3-4-5-16-29-21-12-8-19(9-13-21)25(28)30-22-14-15-23(24(27)17-22)18-6-10-20(26)11-7-18/h6-7,10-11,14-15,17,19,21H,2-5,8-9,12-13,16H2,1H3/t19-,21-. The van der Waals surface area contributed by atoms with Crippen molar-refractivity contribution >= 4 is 5.97 Å². The van der Waals surface area contributed by atoms with Gasteiger partial charge >= 0.3 is 5.97 Å². The van der Waals surface area contributed by atoms with Gasteiger partial charge in [0, 0.05) is 18.2 Å². The number of carbonyl (C=O) groups excluding carboxylic acids is 1. The van der Waals surface area contributed by atoms with Crippen LogP contribution in [0.3, 0.4) is 0 Å². The van der Waals surface area contributed by atoms with Crippen LogP contribution in [0, 0.1) is 17.6 Å². The quantitative estimate of drug-likeness (QED) is 0.259. The Kier molecular flexibility index (Phi) is 8.38. The van der Waals surface area contributed by atoms with Crippen molar-refractivity contribution in [3.05, 3.63) is 54.1 Å². The normalized spacial score (nSPS) is 18.9. The van der Waals surface area contributed by atoms with Crippen molar-refractivity contribution in [1.29, 1.82) is 0 Å². The number of hydrogen-bond donors (Lipinski definition) is 0. The summed E-state index contributed by atoms with van der Waals surface area (Å²) in [5, 5.41) is 0. The van der Waals surface area contributed by atoms with Gasteiger partial charge in [-0.05, 0) is 61.9 Å². The first-order valence-electron chi connectivity index (χ1n) is 11.0. The fourth-order valence-corrected chi connectivity index (χ4v) is 3.87. The summed E-state index contributed by atoms with van der Waals surface area (Å²) in [5.41, 5.74) is 0.909. The van der Waals surface area contributed by atoms with Gasteiger partial charge in [-0.1, -0.05) is 38.3 Å². The Labute approximate surface area is 177 Å². The van der Waals surface area contributed by atoms with Gasteiger partial charge in [-0.3, -0.25) is 4.79 Å². The molecule has 0 heterocycles. The molecule has 1 aliphatic carbocycles. The van der Waals surface area contributed by atoms with Gasteiger partial charge in [0.25, 0.3) is 0 Å². The smallest absolute Gasteiger partial charge is 0.314 e. The van der Waals surface area contributed by atoms with Crippen LogP contribution in [0.2, 0.25) is 0 Å². The SMILES string of the molecule is CCCCCCO[C@H]1CC[C@H](C(=O)Oc2ccc(-c3ccc(F)cc3)c(F)c2)CC1. The highest BCUT2D eigenvalue weighted by molar-refractivity contribution is 5.75. The van der Waals surface area contributed by atoms with Crippen LogP contribution in [0.4, 0.5) is 8.78 Å². The van der Waals surface area contributed by atoms with Crippen LogP contribution in [0.25, 0.3) is 11.1 Å². The van der Waals surface area contributed by atoms with Crippen molar-refractivity contribution < 1.29 is 23.0 Å². The number of rotatable bonds is 9. The lowest BCUT2D eigenvalue weighted by Gasteiger charge is -2.27. The molecule has 0 spiro atoms. The predicted molar refractivity (Wildman–Crippen MR) is 113 cm³/mol. The van der Waals surface area contributed by atoms with Crippen molar-refractivity contribution in [2.24, 2.45) is 5.92 Å². The molecular weight excluding hydrogens is 386 g/mol. The molecule has 0 aromatic heterocycles. The van der Waals surface area contributed by atoms with Crippen LogP contribution in [-0.2, 0) is 9.53 Å². The topological polar surface area (TPSA) is 35.5 Å². The number of benzene rings is 2. The molecule has 30 heavy (non-hydrogen) atoms. The lowest BCUT2D eigenvalue weighted by molar-refractivity contribution is -0.141. The molecule has 0 amide bonds. The molecule has 2 aromatic rings. The number of unbranched alkanes of at least 4 members (excludes halogenated alkanes) is 3. The van der Waals surface area contributed by atoms with E-state index < -0.39 is 5.82 Å². The molecular formula is C25H30F2O3. The lowest BCUT2D eigenvalue weighted by Crippen LogP contribution is -2.29. The van der Waals surface area contributed by atoms with Crippen LogP contribution in [0.5, 0.6) is 5.75 Å². The third-order valence-electron chi connectivity index (χ3n) is 5.67. The molecule has 0 aliphatic heterocycles. The zero-order valence-corrected chi connectivity index (χ0v) is 17.5. The van der Waals surface area contributed by atoms with Gasteiger partial charge in [0.2, 0.25) is 0 Å². The van der Waals surface area contributed by atoms with E-state index in [2.05, 4.69) is 6.92 Å². The van der Waals surface area contributed by atoms with Crippen LogP contribution in [-0.4, -0.2) is 18.7 Å². The molecule has 0 unspecified atom stereocenters. The van der Waals surface area contributed by atoms with E-state index in [1.165, 1.54) is 49.6 Å². The first-order chi connectivity index (χ1) is 14.6. The van der Waals surface area contributed by atoms with Gasteiger partial charge < -0.3 is 9.47 Å². The van der Waals surface area contributed by atoms with Gasteiger partial charge in [-0.2, -0.15) is 0 Å². The number of carbonyl (C=O) groups is 1. The summed E-state index contributed by atoms with van der Waals surface area (Å²) in [4.78, 5) is 12.5. The average Bonchev–Trinajstić information content (AvgIpc) is 2.75. The number of hydrogen-bond acceptors (Lipinski definition) is 3. The Morgan fingerprint density at radius 2 is 1.70 bits per heavy atom. The van der Waals surface area contributed by atoms with Crippen molar-refractivity contribution in [3.8, 4) is 16.9 Å². The molecule has 0 N–H and O–H groups in total. The first-order valence-corrected chi connectivity index (χ1v) is 11.0. The van der Waals surface area contributed by atoms with E-state index in [1.807, 2.05) is 0 Å². The maximum absolute atomic E-state index is 14.5. The second-order valence-electron chi connectivity index (χ2n) is 7.97. The number of esters is 1. The highest BCUT2D eigenvalue weighted by Crippen LogP contribution is 2.30. The molecule has 0 saturated heterocycles. The molecule has 1 saturated carbocycles. The van der Waals surface area contributed by atoms with Crippen molar-refractivity contribution in [2.75, 3.05) is 6.61 Å². The van der Waals surface area contributed by atoms with Crippen molar-refractivity contribution in [1.82, 2.24) is 0 Å². The molecule has 0 atom stereocenters. The second-order valence-corrected chi connectivity index (χ2v) is 7.97. The first kappa shape index (κ1) is 22.4. The highest BCUT2D eigenvalue weighted by atomic mass is 19.1. The minimum Gasteiger partial charge on any atom is -0.426 e. The highest BCUT2D eigenvalue weighted by Gasteiger charge is 2.28. The molecule has 162 valence electrons. The maximum Gasteiger partial charge on any atom is 0.314 e. The summed E-state index contributed by atoms with van der Waals surface area (Å²) < 4.78 is 38.9. The Bertz CT molecular complexity index is 812. The maximum atomic E-state index is 14.5. The molecule has 0 radical (unpaired) electrons. The zero-order valence-electron chi connectivity index (χ0n) is 17.5. The summed E-state index contributed by atoms with van der Waals surface area (Å²) in [6.07, 6.45) is 8.15.